The molecule has 0 saturated heterocycles. The van der Waals surface area contributed by atoms with Gasteiger partial charge in [0.1, 0.15) is 5.82 Å². The van der Waals surface area contributed by atoms with E-state index in [2.05, 4.69) is 9.97 Å². The van der Waals surface area contributed by atoms with E-state index in [1.54, 1.807) is 23.4 Å². The van der Waals surface area contributed by atoms with E-state index in [9.17, 15) is 9.18 Å². The Bertz CT molecular complexity index is 900. The number of aromatic nitrogens is 2. The minimum Gasteiger partial charge on any atom is -0.358 e. The SMILES string of the molecule is Cc1ccncc1N1CCc2[nH]c3ccc(F)cc3c2C1=O. The number of nitrogens with one attached hydrogen (secondary N) is 1. The summed E-state index contributed by atoms with van der Waals surface area (Å²) in [4.78, 5) is 22.0. The number of aromatic amines is 1. The van der Waals surface area contributed by atoms with Crippen LogP contribution < -0.4 is 4.90 Å². The minimum absolute atomic E-state index is 0.103. The maximum absolute atomic E-state index is 13.5. The molecule has 0 spiro atoms. The highest BCUT2D eigenvalue weighted by atomic mass is 19.1. The summed E-state index contributed by atoms with van der Waals surface area (Å²) >= 11 is 0. The van der Waals surface area contributed by atoms with Crippen molar-refractivity contribution in [2.75, 3.05) is 11.4 Å². The van der Waals surface area contributed by atoms with Crippen molar-refractivity contribution in [3.8, 4) is 0 Å². The van der Waals surface area contributed by atoms with Crippen LogP contribution in [0.2, 0.25) is 0 Å². The summed E-state index contributed by atoms with van der Waals surface area (Å²) in [6, 6.07) is 6.38. The first kappa shape index (κ1) is 13.0. The molecule has 3 aromatic rings. The number of pyridine rings is 1. The molecule has 0 unspecified atom stereocenters. The van der Waals surface area contributed by atoms with Crippen molar-refractivity contribution in [2.24, 2.45) is 0 Å². The van der Waals surface area contributed by atoms with Crippen LogP contribution in [0.1, 0.15) is 21.6 Å². The molecule has 2 aromatic heterocycles. The smallest absolute Gasteiger partial charge is 0.260 e. The molecule has 4 nitrogen and oxygen atoms in total. The molecule has 3 heterocycles. The Morgan fingerprint density at radius 1 is 1.32 bits per heavy atom. The summed E-state index contributed by atoms with van der Waals surface area (Å²) < 4.78 is 13.5. The summed E-state index contributed by atoms with van der Waals surface area (Å²) in [5.74, 6) is -0.439. The Balaban J connectivity index is 1.88. The Kier molecular flexibility index (Phi) is 2.76. The molecule has 0 saturated carbocycles. The molecule has 0 fully saturated rings. The number of aryl methyl sites for hydroxylation is 1. The van der Waals surface area contributed by atoms with Crippen LogP contribution >= 0.6 is 0 Å². The Morgan fingerprint density at radius 3 is 3.00 bits per heavy atom. The van der Waals surface area contributed by atoms with E-state index in [4.69, 9.17) is 0 Å². The van der Waals surface area contributed by atoms with Crippen LogP contribution in [0, 0.1) is 12.7 Å². The summed E-state index contributed by atoms with van der Waals surface area (Å²) in [6.07, 6.45) is 4.12. The lowest BCUT2D eigenvalue weighted by Gasteiger charge is -2.28. The maximum Gasteiger partial charge on any atom is 0.260 e. The van der Waals surface area contributed by atoms with Crippen molar-refractivity contribution >= 4 is 22.5 Å². The molecule has 5 heteroatoms. The van der Waals surface area contributed by atoms with Gasteiger partial charge in [0.15, 0.2) is 0 Å². The molecule has 0 bridgehead atoms. The number of rotatable bonds is 1. The quantitative estimate of drug-likeness (QED) is 0.749. The van der Waals surface area contributed by atoms with Crippen LogP contribution in [0.15, 0.2) is 36.7 Å². The number of fused-ring (bicyclic) bond motifs is 3. The zero-order valence-electron chi connectivity index (χ0n) is 12.1. The highest BCUT2D eigenvalue weighted by Gasteiger charge is 2.30. The molecule has 1 amide bonds. The van der Waals surface area contributed by atoms with Crippen LogP contribution in [0.3, 0.4) is 0 Å². The van der Waals surface area contributed by atoms with Crippen molar-refractivity contribution in [2.45, 2.75) is 13.3 Å². The average Bonchev–Trinajstić information content (AvgIpc) is 2.87. The third-order valence-electron chi connectivity index (χ3n) is 4.18. The summed E-state index contributed by atoms with van der Waals surface area (Å²) in [5, 5.41) is 0.645. The number of amides is 1. The second-order valence-corrected chi connectivity index (χ2v) is 5.54. The fourth-order valence-corrected chi connectivity index (χ4v) is 3.08. The van der Waals surface area contributed by atoms with Gasteiger partial charge in [-0.3, -0.25) is 9.78 Å². The number of carbonyl (C=O) groups excluding carboxylic acids is 1. The molecule has 1 aliphatic heterocycles. The maximum atomic E-state index is 13.5. The molecule has 1 aliphatic rings. The fraction of sp³-hybridized carbons (Fsp3) is 0.176. The molecule has 0 atom stereocenters. The Labute approximate surface area is 126 Å². The Morgan fingerprint density at radius 2 is 2.18 bits per heavy atom. The van der Waals surface area contributed by atoms with Crippen LogP contribution in [0.5, 0.6) is 0 Å². The van der Waals surface area contributed by atoms with Gasteiger partial charge in [-0.15, -0.1) is 0 Å². The van der Waals surface area contributed by atoms with Crippen molar-refractivity contribution < 1.29 is 9.18 Å². The van der Waals surface area contributed by atoms with E-state index in [0.717, 1.165) is 22.5 Å². The number of carbonyl (C=O) groups is 1. The van der Waals surface area contributed by atoms with Gasteiger partial charge in [-0.25, -0.2) is 4.39 Å². The van der Waals surface area contributed by atoms with Crippen LogP contribution in [0.4, 0.5) is 10.1 Å². The van der Waals surface area contributed by atoms with E-state index in [1.807, 2.05) is 13.0 Å². The predicted octanol–water partition coefficient (Wildman–Crippen LogP) is 3.21. The number of H-pyrrole nitrogens is 1. The number of anilines is 1. The zero-order chi connectivity index (χ0) is 15.3. The number of hydrogen-bond donors (Lipinski definition) is 1. The first-order valence-corrected chi connectivity index (χ1v) is 7.18. The molecular weight excluding hydrogens is 281 g/mol. The van der Waals surface area contributed by atoms with Gasteiger partial charge in [-0.1, -0.05) is 0 Å². The zero-order valence-corrected chi connectivity index (χ0v) is 12.1. The second kappa shape index (κ2) is 4.66. The lowest BCUT2D eigenvalue weighted by atomic mass is 10.0. The highest BCUT2D eigenvalue weighted by molar-refractivity contribution is 6.16. The van der Waals surface area contributed by atoms with E-state index in [0.29, 0.717) is 23.9 Å². The predicted molar refractivity (Wildman–Crippen MR) is 82.6 cm³/mol. The molecule has 0 aliphatic carbocycles. The van der Waals surface area contributed by atoms with Gasteiger partial charge in [-0.2, -0.15) is 0 Å². The monoisotopic (exact) mass is 295 g/mol. The number of benzene rings is 1. The van der Waals surface area contributed by atoms with Gasteiger partial charge in [0, 0.05) is 35.8 Å². The normalized spacial score (nSPS) is 14.5. The Hall–Kier alpha value is -2.69. The molecule has 1 N–H and O–H groups in total. The van der Waals surface area contributed by atoms with Gasteiger partial charge in [-0.05, 0) is 36.8 Å². The summed E-state index contributed by atoms with van der Waals surface area (Å²) in [7, 11) is 0. The largest absolute Gasteiger partial charge is 0.358 e. The topological polar surface area (TPSA) is 49.0 Å². The third kappa shape index (κ3) is 1.82. The highest BCUT2D eigenvalue weighted by Crippen LogP contribution is 2.31. The van der Waals surface area contributed by atoms with E-state index >= 15 is 0 Å². The lowest BCUT2D eigenvalue weighted by Crippen LogP contribution is -2.37. The van der Waals surface area contributed by atoms with E-state index < -0.39 is 0 Å². The van der Waals surface area contributed by atoms with Gasteiger partial charge in [0.2, 0.25) is 0 Å². The molecule has 4 rings (SSSR count). The lowest BCUT2D eigenvalue weighted by molar-refractivity contribution is 0.0982. The van der Waals surface area contributed by atoms with Gasteiger partial charge < -0.3 is 9.88 Å². The molecule has 0 radical (unpaired) electrons. The van der Waals surface area contributed by atoms with Crippen molar-refractivity contribution in [3.63, 3.8) is 0 Å². The van der Waals surface area contributed by atoms with Gasteiger partial charge in [0.05, 0.1) is 17.4 Å². The van der Waals surface area contributed by atoms with Crippen molar-refractivity contribution in [1.82, 2.24) is 9.97 Å². The van der Waals surface area contributed by atoms with Crippen molar-refractivity contribution in [1.29, 1.82) is 0 Å². The van der Waals surface area contributed by atoms with Gasteiger partial charge in [0.25, 0.3) is 5.91 Å². The van der Waals surface area contributed by atoms with Crippen LogP contribution in [-0.4, -0.2) is 22.4 Å². The van der Waals surface area contributed by atoms with Crippen LogP contribution in [0.25, 0.3) is 10.9 Å². The second-order valence-electron chi connectivity index (χ2n) is 5.54. The molecule has 1 aromatic carbocycles. The number of hydrogen-bond acceptors (Lipinski definition) is 2. The summed E-state index contributed by atoms with van der Waals surface area (Å²) in [5.41, 5.74) is 4.05. The first-order chi connectivity index (χ1) is 10.6. The van der Waals surface area contributed by atoms with Crippen molar-refractivity contribution in [3.05, 3.63) is 59.3 Å². The summed E-state index contributed by atoms with van der Waals surface area (Å²) in [6.45, 7) is 2.54. The van der Waals surface area contributed by atoms with E-state index in [-0.39, 0.29) is 11.7 Å². The first-order valence-electron chi connectivity index (χ1n) is 7.18. The van der Waals surface area contributed by atoms with Crippen LogP contribution in [-0.2, 0) is 6.42 Å². The van der Waals surface area contributed by atoms with Gasteiger partial charge >= 0.3 is 0 Å². The van der Waals surface area contributed by atoms with E-state index in [1.165, 1.54) is 12.1 Å². The number of halogens is 1. The standard InChI is InChI=1S/C17H14FN3O/c1-10-4-6-19-9-15(10)21-7-5-14-16(17(21)22)12-8-11(18)2-3-13(12)20-14/h2-4,6,8-9,20H,5,7H2,1H3. The molecule has 22 heavy (non-hydrogen) atoms. The fourth-order valence-electron chi connectivity index (χ4n) is 3.08. The molecule has 110 valence electrons. The number of nitrogens with zero attached hydrogens (tertiary/aromatic N) is 2. The average molecular weight is 295 g/mol. The molecular formula is C17H14FN3O. The third-order valence-corrected chi connectivity index (χ3v) is 4.18. The minimum atomic E-state index is -0.336.